The third-order valence-electron chi connectivity index (χ3n) is 1.41. The van der Waals surface area contributed by atoms with Gasteiger partial charge in [-0.3, -0.25) is 0 Å². The average molecular weight is 170 g/mol. The van der Waals surface area contributed by atoms with Crippen molar-refractivity contribution in [1.82, 2.24) is 0 Å². The van der Waals surface area contributed by atoms with Crippen molar-refractivity contribution < 1.29 is 0 Å². The third-order valence-corrected chi connectivity index (χ3v) is 2.17. The van der Waals surface area contributed by atoms with Crippen LogP contribution in [0.25, 0.3) is 0 Å². The molecule has 0 aliphatic rings. The van der Waals surface area contributed by atoms with Crippen molar-refractivity contribution in [1.29, 1.82) is 0 Å². The predicted octanol–water partition coefficient (Wildman–Crippen LogP) is 2.71. The van der Waals surface area contributed by atoms with Crippen molar-refractivity contribution in [3.63, 3.8) is 0 Å². The van der Waals surface area contributed by atoms with E-state index in [2.05, 4.69) is 50.4 Å². The number of thiol groups is 2. The Balaban J connectivity index is 3.07. The summed E-state index contributed by atoms with van der Waals surface area (Å²) in [4.78, 5) is 1.04. The average Bonchev–Trinajstić information content (AvgIpc) is 1.88. The first-order valence-electron chi connectivity index (χ1n) is 3.13. The summed E-state index contributed by atoms with van der Waals surface area (Å²) >= 11 is 8.46. The van der Waals surface area contributed by atoms with Gasteiger partial charge in [-0.1, -0.05) is 17.7 Å². The molecule has 1 rings (SSSR count). The summed E-state index contributed by atoms with van der Waals surface area (Å²) in [6.45, 7) is 2.06. The van der Waals surface area contributed by atoms with Crippen molar-refractivity contribution >= 4 is 25.3 Å². The quantitative estimate of drug-likeness (QED) is 0.595. The SMILES string of the molecule is Cc1ccc(CS)c(S)c1. The van der Waals surface area contributed by atoms with E-state index in [0.29, 0.717) is 0 Å². The Morgan fingerprint density at radius 1 is 1.40 bits per heavy atom. The molecule has 0 aromatic heterocycles. The van der Waals surface area contributed by atoms with Gasteiger partial charge in [0, 0.05) is 10.6 Å². The highest BCUT2D eigenvalue weighted by Gasteiger charge is 1.94. The van der Waals surface area contributed by atoms with E-state index in [1.165, 1.54) is 11.1 Å². The van der Waals surface area contributed by atoms with Crippen LogP contribution >= 0.6 is 25.3 Å². The predicted molar refractivity (Wildman–Crippen MR) is 51.1 cm³/mol. The van der Waals surface area contributed by atoms with E-state index in [4.69, 9.17) is 0 Å². The topological polar surface area (TPSA) is 0 Å². The lowest BCUT2D eigenvalue weighted by Gasteiger charge is -2.00. The molecule has 0 unspecified atom stereocenters. The normalized spacial score (nSPS) is 9.90. The summed E-state index contributed by atoms with van der Waals surface area (Å²) in [7, 11) is 0. The van der Waals surface area contributed by atoms with E-state index in [1.54, 1.807) is 0 Å². The molecule has 0 spiro atoms. The Hall–Kier alpha value is -0.0800. The summed E-state index contributed by atoms with van der Waals surface area (Å²) in [5.41, 5.74) is 2.44. The molecular weight excluding hydrogens is 160 g/mol. The highest BCUT2D eigenvalue weighted by Crippen LogP contribution is 2.16. The van der Waals surface area contributed by atoms with Gasteiger partial charge in [-0.25, -0.2) is 0 Å². The molecule has 0 saturated carbocycles. The van der Waals surface area contributed by atoms with E-state index >= 15 is 0 Å². The maximum Gasteiger partial charge on any atom is 0.0165 e. The van der Waals surface area contributed by atoms with E-state index in [-0.39, 0.29) is 0 Å². The summed E-state index contributed by atoms with van der Waals surface area (Å²) in [6, 6.07) is 6.19. The van der Waals surface area contributed by atoms with Crippen LogP contribution in [-0.4, -0.2) is 0 Å². The van der Waals surface area contributed by atoms with Crippen LogP contribution in [0, 0.1) is 6.92 Å². The molecule has 2 heteroatoms. The van der Waals surface area contributed by atoms with E-state index in [9.17, 15) is 0 Å². The van der Waals surface area contributed by atoms with Gasteiger partial charge in [0.25, 0.3) is 0 Å². The summed E-state index contributed by atoms with van der Waals surface area (Å²) in [5.74, 6) is 0.763. The minimum Gasteiger partial charge on any atom is -0.175 e. The molecule has 0 nitrogen and oxygen atoms in total. The van der Waals surface area contributed by atoms with Crippen LogP contribution in [0.5, 0.6) is 0 Å². The van der Waals surface area contributed by atoms with Crippen molar-refractivity contribution in [2.45, 2.75) is 17.6 Å². The first kappa shape index (κ1) is 8.02. The fourth-order valence-corrected chi connectivity index (χ4v) is 1.57. The van der Waals surface area contributed by atoms with Crippen LogP contribution in [0.1, 0.15) is 11.1 Å². The van der Waals surface area contributed by atoms with Crippen molar-refractivity contribution in [2.24, 2.45) is 0 Å². The zero-order valence-corrected chi connectivity index (χ0v) is 7.62. The standard InChI is InChI=1S/C8H10S2/c1-6-2-3-7(5-9)8(10)4-6/h2-4,9-10H,5H2,1H3. The second kappa shape index (κ2) is 3.35. The second-order valence-electron chi connectivity index (χ2n) is 2.29. The lowest BCUT2D eigenvalue weighted by Crippen LogP contribution is -1.81. The van der Waals surface area contributed by atoms with Crippen LogP contribution in [-0.2, 0) is 5.75 Å². The van der Waals surface area contributed by atoms with E-state index < -0.39 is 0 Å². The van der Waals surface area contributed by atoms with Gasteiger partial charge in [0.1, 0.15) is 0 Å². The van der Waals surface area contributed by atoms with Gasteiger partial charge in [0.05, 0.1) is 0 Å². The Morgan fingerprint density at radius 3 is 2.60 bits per heavy atom. The third kappa shape index (κ3) is 1.70. The molecule has 1 aromatic rings. The second-order valence-corrected chi connectivity index (χ2v) is 3.09. The highest BCUT2D eigenvalue weighted by molar-refractivity contribution is 7.80. The fourth-order valence-electron chi connectivity index (χ4n) is 0.808. The van der Waals surface area contributed by atoms with E-state index in [1.807, 2.05) is 0 Å². The number of benzene rings is 1. The van der Waals surface area contributed by atoms with Crippen LogP contribution in [0.2, 0.25) is 0 Å². The zero-order chi connectivity index (χ0) is 7.56. The molecule has 10 heavy (non-hydrogen) atoms. The number of hydrogen-bond donors (Lipinski definition) is 2. The van der Waals surface area contributed by atoms with Gasteiger partial charge >= 0.3 is 0 Å². The molecule has 0 amide bonds. The maximum absolute atomic E-state index is 4.30. The van der Waals surface area contributed by atoms with Gasteiger partial charge in [-0.15, -0.1) is 12.6 Å². The smallest absolute Gasteiger partial charge is 0.0165 e. The highest BCUT2D eigenvalue weighted by atomic mass is 32.1. The Bertz CT molecular complexity index is 231. The molecule has 0 aliphatic heterocycles. The first-order chi connectivity index (χ1) is 4.74. The van der Waals surface area contributed by atoms with Gasteiger partial charge in [-0.2, -0.15) is 12.6 Å². The molecule has 0 N–H and O–H groups in total. The molecule has 0 aliphatic carbocycles. The monoisotopic (exact) mass is 170 g/mol. The molecule has 0 bridgehead atoms. The van der Waals surface area contributed by atoms with Crippen LogP contribution < -0.4 is 0 Å². The van der Waals surface area contributed by atoms with Gasteiger partial charge in [-0.05, 0) is 18.6 Å². The molecular formula is C8H10S2. The van der Waals surface area contributed by atoms with Crippen molar-refractivity contribution in [3.05, 3.63) is 29.3 Å². The van der Waals surface area contributed by atoms with Gasteiger partial charge < -0.3 is 0 Å². The molecule has 54 valence electrons. The fraction of sp³-hybridized carbons (Fsp3) is 0.250. The van der Waals surface area contributed by atoms with Crippen molar-refractivity contribution in [2.75, 3.05) is 0 Å². The van der Waals surface area contributed by atoms with Crippen LogP contribution in [0.4, 0.5) is 0 Å². The molecule has 0 saturated heterocycles. The minimum absolute atomic E-state index is 0.763. The molecule has 0 atom stereocenters. The minimum atomic E-state index is 0.763. The number of rotatable bonds is 1. The lowest BCUT2D eigenvalue weighted by molar-refractivity contribution is 1.25. The lowest BCUT2D eigenvalue weighted by atomic mass is 10.2. The van der Waals surface area contributed by atoms with E-state index in [0.717, 1.165) is 10.6 Å². The molecule has 1 aromatic carbocycles. The Labute approximate surface area is 72.5 Å². The maximum atomic E-state index is 4.30. The van der Waals surface area contributed by atoms with Crippen molar-refractivity contribution in [3.8, 4) is 0 Å². The molecule has 0 heterocycles. The van der Waals surface area contributed by atoms with Crippen LogP contribution in [0.15, 0.2) is 23.1 Å². The summed E-state index contributed by atoms with van der Waals surface area (Å²) in [6.07, 6.45) is 0. The summed E-state index contributed by atoms with van der Waals surface area (Å²) in [5, 5.41) is 0. The number of aryl methyl sites for hydroxylation is 1. The largest absolute Gasteiger partial charge is 0.175 e. The zero-order valence-electron chi connectivity index (χ0n) is 5.83. The van der Waals surface area contributed by atoms with Gasteiger partial charge in [0.15, 0.2) is 0 Å². The Morgan fingerprint density at radius 2 is 2.10 bits per heavy atom. The first-order valence-corrected chi connectivity index (χ1v) is 4.21. The Kier molecular flexibility index (Phi) is 2.69. The molecule has 0 radical (unpaired) electrons. The summed E-state index contributed by atoms with van der Waals surface area (Å²) < 4.78 is 0. The molecule has 0 fully saturated rings. The van der Waals surface area contributed by atoms with Gasteiger partial charge in [0.2, 0.25) is 0 Å². The van der Waals surface area contributed by atoms with Crippen LogP contribution in [0.3, 0.4) is 0 Å². The number of hydrogen-bond acceptors (Lipinski definition) is 2.